The Morgan fingerprint density at radius 3 is 1.83 bits per heavy atom. The van der Waals surface area contributed by atoms with Crippen molar-refractivity contribution in [1.82, 2.24) is 0 Å². The summed E-state index contributed by atoms with van der Waals surface area (Å²) in [5.74, 6) is -2.24. The minimum Gasteiger partial charge on any atom is -0.206 e. The topological polar surface area (TPSA) is 0 Å². The normalized spacial score (nSPS) is 11.6. The first-order valence-electron chi connectivity index (χ1n) is 5.02. The molecule has 0 saturated heterocycles. The second-order valence-corrected chi connectivity index (χ2v) is 3.64. The quantitative estimate of drug-likeness (QED) is 0.653. The van der Waals surface area contributed by atoms with Crippen LogP contribution in [0.2, 0.25) is 0 Å². The molecule has 0 saturated carbocycles. The lowest BCUT2D eigenvalue weighted by molar-refractivity contribution is -0.139. The average molecular weight is 258 g/mol. The number of alkyl halides is 3. The van der Waals surface area contributed by atoms with Crippen LogP contribution in [0.1, 0.15) is 5.56 Å². The zero-order valence-corrected chi connectivity index (χ0v) is 8.93. The van der Waals surface area contributed by atoms with E-state index in [1.165, 1.54) is 18.2 Å². The van der Waals surface area contributed by atoms with E-state index in [4.69, 9.17) is 0 Å². The molecule has 0 spiro atoms. The molecule has 0 aromatic heterocycles. The van der Waals surface area contributed by atoms with Crippen LogP contribution >= 0.6 is 0 Å². The summed E-state index contributed by atoms with van der Waals surface area (Å²) in [6.45, 7) is 0. The number of halogens is 5. The van der Waals surface area contributed by atoms with Crippen molar-refractivity contribution in [3.05, 3.63) is 59.7 Å². The molecule has 0 atom stereocenters. The lowest BCUT2D eigenvalue weighted by Crippen LogP contribution is -2.10. The molecule has 0 amide bonds. The molecule has 94 valence electrons. The Morgan fingerprint density at radius 1 is 0.667 bits per heavy atom. The van der Waals surface area contributed by atoms with Gasteiger partial charge in [0, 0.05) is 5.56 Å². The van der Waals surface area contributed by atoms with Crippen LogP contribution in [-0.2, 0) is 6.18 Å². The molecule has 0 bridgehead atoms. The largest absolute Gasteiger partial charge is 0.419 e. The van der Waals surface area contributed by atoms with Crippen molar-refractivity contribution in [1.29, 1.82) is 0 Å². The third kappa shape index (κ3) is 2.20. The Hall–Kier alpha value is -1.91. The van der Waals surface area contributed by atoms with Crippen LogP contribution in [0.25, 0.3) is 11.1 Å². The molecule has 0 aliphatic rings. The second-order valence-electron chi connectivity index (χ2n) is 3.64. The van der Waals surface area contributed by atoms with Gasteiger partial charge in [-0.05, 0) is 17.7 Å². The molecule has 18 heavy (non-hydrogen) atoms. The van der Waals surface area contributed by atoms with Crippen LogP contribution in [-0.4, -0.2) is 0 Å². The maximum absolute atomic E-state index is 13.5. The Labute approximate surface area is 99.7 Å². The Kier molecular flexibility index (Phi) is 3.07. The van der Waals surface area contributed by atoms with Crippen LogP contribution in [0.5, 0.6) is 0 Å². The lowest BCUT2D eigenvalue weighted by atomic mass is 9.98. The van der Waals surface area contributed by atoms with Gasteiger partial charge in [-0.2, -0.15) is 13.2 Å². The fraction of sp³-hybridized carbons (Fsp3) is 0.0769. The summed E-state index contributed by atoms with van der Waals surface area (Å²) in [6.07, 6.45) is -4.87. The Bertz CT molecular complexity index is 572. The van der Waals surface area contributed by atoms with Gasteiger partial charge in [0.15, 0.2) is 0 Å². The number of benzene rings is 2. The zero-order chi connectivity index (χ0) is 13.3. The van der Waals surface area contributed by atoms with Gasteiger partial charge in [0.1, 0.15) is 11.6 Å². The summed E-state index contributed by atoms with van der Waals surface area (Å²) < 4.78 is 65.1. The molecule has 2 aromatic rings. The molecular formula is C13H7F5. The first-order chi connectivity index (χ1) is 8.41. The summed E-state index contributed by atoms with van der Waals surface area (Å²) in [5.41, 5.74) is -2.22. The van der Waals surface area contributed by atoms with E-state index in [1.54, 1.807) is 0 Å². The standard InChI is InChI=1S/C13H7F5/c14-10-6-2-1-4-8(10)9-5-3-7-11(15)12(9)13(16,17)18/h1-7H. The first kappa shape index (κ1) is 12.5. The first-order valence-corrected chi connectivity index (χ1v) is 5.02. The van der Waals surface area contributed by atoms with Gasteiger partial charge in [0.25, 0.3) is 0 Å². The van der Waals surface area contributed by atoms with E-state index in [-0.39, 0.29) is 5.56 Å². The van der Waals surface area contributed by atoms with Crippen molar-refractivity contribution in [2.45, 2.75) is 6.18 Å². The number of rotatable bonds is 1. The van der Waals surface area contributed by atoms with E-state index in [2.05, 4.69) is 0 Å². The van der Waals surface area contributed by atoms with Gasteiger partial charge in [-0.25, -0.2) is 8.78 Å². The van der Waals surface area contributed by atoms with Crippen molar-refractivity contribution in [3.63, 3.8) is 0 Å². The molecule has 0 radical (unpaired) electrons. The SMILES string of the molecule is Fc1ccccc1-c1cccc(F)c1C(F)(F)F. The molecule has 2 rings (SSSR count). The van der Waals surface area contributed by atoms with Gasteiger partial charge < -0.3 is 0 Å². The zero-order valence-electron chi connectivity index (χ0n) is 8.93. The van der Waals surface area contributed by atoms with E-state index >= 15 is 0 Å². The Morgan fingerprint density at radius 2 is 1.22 bits per heavy atom. The minimum atomic E-state index is -4.87. The van der Waals surface area contributed by atoms with Crippen LogP contribution in [0.15, 0.2) is 42.5 Å². The van der Waals surface area contributed by atoms with Gasteiger partial charge in [0.2, 0.25) is 0 Å². The monoisotopic (exact) mass is 258 g/mol. The van der Waals surface area contributed by atoms with Crippen molar-refractivity contribution >= 4 is 0 Å². The Balaban J connectivity index is 2.73. The predicted octanol–water partition coefficient (Wildman–Crippen LogP) is 4.65. The average Bonchev–Trinajstić information content (AvgIpc) is 2.27. The van der Waals surface area contributed by atoms with E-state index < -0.39 is 28.9 Å². The summed E-state index contributed by atoms with van der Waals surface area (Å²) in [7, 11) is 0. The molecule has 0 aliphatic heterocycles. The van der Waals surface area contributed by atoms with Gasteiger partial charge >= 0.3 is 6.18 Å². The van der Waals surface area contributed by atoms with Crippen molar-refractivity contribution < 1.29 is 22.0 Å². The van der Waals surface area contributed by atoms with Crippen LogP contribution in [0.3, 0.4) is 0 Å². The van der Waals surface area contributed by atoms with Crippen LogP contribution < -0.4 is 0 Å². The van der Waals surface area contributed by atoms with E-state index in [0.717, 1.165) is 18.2 Å². The lowest BCUT2D eigenvalue weighted by Gasteiger charge is -2.14. The van der Waals surface area contributed by atoms with Crippen molar-refractivity contribution in [2.24, 2.45) is 0 Å². The smallest absolute Gasteiger partial charge is 0.206 e. The molecule has 2 aromatic carbocycles. The number of hydrogen-bond donors (Lipinski definition) is 0. The third-order valence-corrected chi connectivity index (χ3v) is 2.46. The van der Waals surface area contributed by atoms with Gasteiger partial charge in [-0.15, -0.1) is 0 Å². The fourth-order valence-electron chi connectivity index (χ4n) is 1.72. The van der Waals surface area contributed by atoms with Gasteiger partial charge in [-0.1, -0.05) is 30.3 Å². The second kappa shape index (κ2) is 4.40. The number of hydrogen-bond acceptors (Lipinski definition) is 0. The van der Waals surface area contributed by atoms with Gasteiger partial charge in [-0.3, -0.25) is 0 Å². The fourth-order valence-corrected chi connectivity index (χ4v) is 1.72. The van der Waals surface area contributed by atoms with E-state index in [0.29, 0.717) is 6.07 Å². The molecule has 0 N–H and O–H groups in total. The highest BCUT2D eigenvalue weighted by molar-refractivity contribution is 5.68. The molecule has 0 unspecified atom stereocenters. The molecule has 0 aliphatic carbocycles. The highest BCUT2D eigenvalue weighted by Gasteiger charge is 2.37. The minimum absolute atomic E-state index is 0.274. The van der Waals surface area contributed by atoms with Crippen molar-refractivity contribution in [2.75, 3.05) is 0 Å². The molecule has 0 heterocycles. The highest BCUT2D eigenvalue weighted by atomic mass is 19.4. The van der Waals surface area contributed by atoms with E-state index in [9.17, 15) is 22.0 Å². The predicted molar refractivity (Wildman–Crippen MR) is 56.8 cm³/mol. The highest BCUT2D eigenvalue weighted by Crippen LogP contribution is 2.39. The summed E-state index contributed by atoms with van der Waals surface area (Å²) in [5, 5.41) is 0. The molecular weight excluding hydrogens is 251 g/mol. The maximum Gasteiger partial charge on any atom is 0.419 e. The molecule has 0 nitrogen and oxygen atoms in total. The van der Waals surface area contributed by atoms with Crippen LogP contribution in [0, 0.1) is 11.6 Å². The van der Waals surface area contributed by atoms with Crippen molar-refractivity contribution in [3.8, 4) is 11.1 Å². The summed E-state index contributed by atoms with van der Waals surface area (Å²) in [4.78, 5) is 0. The van der Waals surface area contributed by atoms with Gasteiger partial charge in [0.05, 0.1) is 5.56 Å². The summed E-state index contributed by atoms with van der Waals surface area (Å²) >= 11 is 0. The van der Waals surface area contributed by atoms with Crippen LogP contribution in [0.4, 0.5) is 22.0 Å². The summed E-state index contributed by atoms with van der Waals surface area (Å²) in [6, 6.07) is 7.82. The molecule has 0 fully saturated rings. The molecule has 5 heteroatoms. The maximum atomic E-state index is 13.5. The third-order valence-electron chi connectivity index (χ3n) is 2.46. The van der Waals surface area contributed by atoms with E-state index in [1.807, 2.05) is 0 Å².